The quantitative estimate of drug-likeness (QED) is 0.597. The highest BCUT2D eigenvalue weighted by Gasteiger charge is 2.14. The summed E-state index contributed by atoms with van der Waals surface area (Å²) in [5, 5.41) is 1.57. The first kappa shape index (κ1) is 15.7. The largest absolute Gasteiger partial charge is 0.159 e. The molecule has 0 aliphatic heterocycles. The van der Waals surface area contributed by atoms with Crippen molar-refractivity contribution in [3.63, 3.8) is 0 Å². The van der Waals surface area contributed by atoms with Crippen molar-refractivity contribution in [1.29, 1.82) is 0 Å². The van der Waals surface area contributed by atoms with Crippen molar-refractivity contribution in [3.05, 3.63) is 0 Å². The topological polar surface area (TPSA) is 0 Å². The third kappa shape index (κ3) is 9.62. The molecule has 0 aliphatic carbocycles. The van der Waals surface area contributed by atoms with Crippen LogP contribution in [0.5, 0.6) is 0 Å². The lowest BCUT2D eigenvalue weighted by Gasteiger charge is -2.21. The van der Waals surface area contributed by atoms with Crippen LogP contribution < -0.4 is 0 Å². The molecule has 0 saturated carbocycles. The fraction of sp³-hybridized carbons (Fsp3) is 1.00. The second-order valence-electron chi connectivity index (χ2n) is 5.09. The molecule has 0 fully saturated rings. The normalized spacial score (nSPS) is 14.2. The Morgan fingerprint density at radius 2 is 1.33 bits per heavy atom. The molecule has 0 aliphatic rings. The van der Waals surface area contributed by atoms with Crippen molar-refractivity contribution in [2.45, 2.75) is 58.5 Å². The van der Waals surface area contributed by atoms with Crippen LogP contribution in [0.25, 0.3) is 0 Å². The molecule has 0 amide bonds. The van der Waals surface area contributed by atoms with E-state index in [1.54, 1.807) is 0 Å². The summed E-state index contributed by atoms with van der Waals surface area (Å²) in [5.41, 5.74) is 0. The average molecular weight is 249 g/mol. The van der Waals surface area contributed by atoms with E-state index in [2.05, 4.69) is 65.1 Å². The molecule has 0 saturated heterocycles. The first-order valence-corrected chi connectivity index (χ1v) is 8.26. The molecule has 0 nitrogen and oxygen atoms in total. The molecule has 0 N–H and O–H groups in total. The van der Waals surface area contributed by atoms with E-state index in [0.29, 0.717) is 0 Å². The molecule has 2 heteroatoms. The van der Waals surface area contributed by atoms with E-state index in [1.807, 2.05) is 0 Å². The second kappa shape index (κ2) is 8.81. The summed E-state index contributed by atoms with van der Waals surface area (Å²) in [4.78, 5) is 0. The van der Waals surface area contributed by atoms with E-state index >= 15 is 0 Å². The molecular formula is C13H28S2. The molecule has 0 rings (SSSR count). The van der Waals surface area contributed by atoms with Gasteiger partial charge in [0.15, 0.2) is 0 Å². The zero-order chi connectivity index (χ0) is 11.8. The van der Waals surface area contributed by atoms with Gasteiger partial charge in [0.1, 0.15) is 0 Å². The zero-order valence-corrected chi connectivity index (χ0v) is 12.9. The van der Waals surface area contributed by atoms with Gasteiger partial charge in [-0.2, -0.15) is 23.5 Å². The van der Waals surface area contributed by atoms with Gasteiger partial charge in [-0.1, -0.05) is 41.5 Å². The lowest BCUT2D eigenvalue weighted by molar-refractivity contribution is 0.417. The van der Waals surface area contributed by atoms with Crippen LogP contribution in [0.3, 0.4) is 0 Å². The highest BCUT2D eigenvalue weighted by Crippen LogP contribution is 2.25. The van der Waals surface area contributed by atoms with Crippen molar-refractivity contribution >= 4 is 23.5 Å². The first-order valence-electron chi connectivity index (χ1n) is 6.16. The maximum atomic E-state index is 2.37. The van der Waals surface area contributed by atoms with Gasteiger partial charge in [0.2, 0.25) is 0 Å². The molecule has 1 atom stereocenters. The molecule has 1 unspecified atom stereocenters. The van der Waals surface area contributed by atoms with Crippen molar-refractivity contribution < 1.29 is 0 Å². The van der Waals surface area contributed by atoms with Gasteiger partial charge in [-0.25, -0.2) is 0 Å². The van der Waals surface area contributed by atoms with Crippen LogP contribution in [-0.2, 0) is 0 Å². The van der Waals surface area contributed by atoms with Crippen LogP contribution in [0, 0.1) is 11.8 Å². The SMILES string of the molecule is CC(C)SCCC(CSC(C)C)C(C)C. The summed E-state index contributed by atoms with van der Waals surface area (Å²) in [6, 6.07) is 0. The Hall–Kier alpha value is 0.700. The van der Waals surface area contributed by atoms with Gasteiger partial charge in [-0.3, -0.25) is 0 Å². The molecule has 0 radical (unpaired) electrons. The molecule has 0 aromatic carbocycles. The van der Waals surface area contributed by atoms with Crippen LogP contribution in [-0.4, -0.2) is 22.0 Å². The van der Waals surface area contributed by atoms with Crippen molar-refractivity contribution in [2.24, 2.45) is 11.8 Å². The fourth-order valence-electron chi connectivity index (χ4n) is 1.38. The number of thioether (sulfide) groups is 2. The van der Waals surface area contributed by atoms with Gasteiger partial charge < -0.3 is 0 Å². The Kier molecular flexibility index (Phi) is 9.22. The van der Waals surface area contributed by atoms with E-state index in [1.165, 1.54) is 17.9 Å². The van der Waals surface area contributed by atoms with Crippen molar-refractivity contribution in [2.75, 3.05) is 11.5 Å². The highest BCUT2D eigenvalue weighted by molar-refractivity contribution is 8.00. The minimum Gasteiger partial charge on any atom is -0.159 e. The summed E-state index contributed by atoms with van der Waals surface area (Å²) in [7, 11) is 0. The van der Waals surface area contributed by atoms with Gasteiger partial charge in [0.05, 0.1) is 0 Å². The number of hydrogen-bond acceptors (Lipinski definition) is 2. The van der Waals surface area contributed by atoms with E-state index in [0.717, 1.165) is 22.3 Å². The lowest BCUT2D eigenvalue weighted by atomic mass is 9.95. The summed E-state index contributed by atoms with van der Waals surface area (Å²) in [5.74, 6) is 4.42. The molecule has 92 valence electrons. The minimum atomic E-state index is 0.781. The third-order valence-corrected chi connectivity index (χ3v) is 4.95. The van der Waals surface area contributed by atoms with Crippen molar-refractivity contribution in [3.8, 4) is 0 Å². The monoisotopic (exact) mass is 248 g/mol. The predicted molar refractivity (Wildman–Crippen MR) is 78.1 cm³/mol. The lowest BCUT2D eigenvalue weighted by Crippen LogP contribution is -2.14. The molecule has 0 heterocycles. The van der Waals surface area contributed by atoms with E-state index in [9.17, 15) is 0 Å². The fourth-order valence-corrected chi connectivity index (χ4v) is 3.47. The van der Waals surface area contributed by atoms with E-state index < -0.39 is 0 Å². The Labute approximate surface area is 105 Å². The first-order chi connectivity index (χ1) is 6.93. The summed E-state index contributed by atoms with van der Waals surface area (Å²) in [6.45, 7) is 13.9. The maximum Gasteiger partial charge on any atom is -0.000958 e. The highest BCUT2D eigenvalue weighted by atomic mass is 32.2. The van der Waals surface area contributed by atoms with Gasteiger partial charge in [0, 0.05) is 0 Å². The van der Waals surface area contributed by atoms with Gasteiger partial charge >= 0.3 is 0 Å². The van der Waals surface area contributed by atoms with Crippen LogP contribution >= 0.6 is 23.5 Å². The van der Waals surface area contributed by atoms with Gasteiger partial charge in [-0.15, -0.1) is 0 Å². The second-order valence-corrected chi connectivity index (χ2v) is 8.39. The van der Waals surface area contributed by atoms with E-state index in [-0.39, 0.29) is 0 Å². The standard InChI is InChI=1S/C13H28S2/c1-10(2)13(9-15-12(5)6)7-8-14-11(3)4/h10-13H,7-9H2,1-6H3. The van der Waals surface area contributed by atoms with Crippen LogP contribution in [0.1, 0.15) is 48.0 Å². The summed E-state index contributed by atoms with van der Waals surface area (Å²) >= 11 is 4.22. The minimum absolute atomic E-state index is 0.781. The van der Waals surface area contributed by atoms with E-state index in [4.69, 9.17) is 0 Å². The van der Waals surface area contributed by atoms with Crippen molar-refractivity contribution in [1.82, 2.24) is 0 Å². The molecule has 0 aromatic rings. The molecule has 15 heavy (non-hydrogen) atoms. The summed E-state index contributed by atoms with van der Waals surface area (Å²) < 4.78 is 0. The Morgan fingerprint density at radius 1 is 0.800 bits per heavy atom. The molecule has 0 aromatic heterocycles. The summed E-state index contributed by atoms with van der Waals surface area (Å²) in [6.07, 6.45) is 1.39. The van der Waals surface area contributed by atoms with Crippen LogP contribution in [0.15, 0.2) is 0 Å². The maximum absolute atomic E-state index is 2.37. The smallest absolute Gasteiger partial charge is 0.000958 e. The average Bonchev–Trinajstić information content (AvgIpc) is 2.09. The predicted octanol–water partition coefficient (Wildman–Crippen LogP) is 4.93. The molecular weight excluding hydrogens is 220 g/mol. The number of hydrogen-bond donors (Lipinski definition) is 0. The Bertz CT molecular complexity index is 141. The third-order valence-electron chi connectivity index (χ3n) is 2.53. The Balaban J connectivity index is 3.73. The van der Waals surface area contributed by atoms with Gasteiger partial charge in [0.25, 0.3) is 0 Å². The zero-order valence-electron chi connectivity index (χ0n) is 11.2. The number of rotatable bonds is 8. The van der Waals surface area contributed by atoms with Crippen LogP contribution in [0.2, 0.25) is 0 Å². The molecule has 0 spiro atoms. The van der Waals surface area contributed by atoms with Gasteiger partial charge in [-0.05, 0) is 40.3 Å². The van der Waals surface area contributed by atoms with Crippen LogP contribution in [0.4, 0.5) is 0 Å². The molecule has 0 bridgehead atoms. The Morgan fingerprint density at radius 3 is 1.73 bits per heavy atom.